The van der Waals surface area contributed by atoms with Gasteiger partial charge in [0, 0.05) is 5.57 Å². The first-order valence-corrected chi connectivity index (χ1v) is 6.94. The molecule has 0 unspecified atom stereocenters. The molecule has 2 aliphatic carbocycles. The molecule has 2 nitrogen and oxygen atoms in total. The van der Waals surface area contributed by atoms with Gasteiger partial charge in [-0.05, 0) is 62.5 Å². The molecule has 3 heteroatoms. The number of aliphatic carboxylic acids is 1. The lowest BCUT2D eigenvalue weighted by atomic mass is 9.93. The van der Waals surface area contributed by atoms with Crippen molar-refractivity contribution in [3.8, 4) is 0 Å². The van der Waals surface area contributed by atoms with Crippen molar-refractivity contribution in [1.82, 2.24) is 0 Å². The number of carboxylic acids is 1. The van der Waals surface area contributed by atoms with Gasteiger partial charge in [0.05, 0.1) is 0 Å². The summed E-state index contributed by atoms with van der Waals surface area (Å²) in [4.78, 5) is 11.4. The molecule has 0 atom stereocenters. The molecule has 0 saturated heterocycles. The molecule has 0 aromatic carbocycles. The van der Waals surface area contributed by atoms with Crippen molar-refractivity contribution in [2.45, 2.75) is 64.2 Å². The maximum absolute atomic E-state index is 11.4. The molecule has 2 aliphatic rings. The Kier molecular flexibility index (Phi) is 6.48. The average molecular weight is 271 g/mol. The Bertz CT molecular complexity index is 356. The first-order chi connectivity index (χ1) is 8.29. The molecular formula is C15H23ClO2. The van der Waals surface area contributed by atoms with Gasteiger partial charge in [0.1, 0.15) is 0 Å². The van der Waals surface area contributed by atoms with Crippen LogP contribution in [0.2, 0.25) is 0 Å². The van der Waals surface area contributed by atoms with Gasteiger partial charge in [-0.15, -0.1) is 12.4 Å². The van der Waals surface area contributed by atoms with Crippen LogP contribution in [0.5, 0.6) is 0 Å². The van der Waals surface area contributed by atoms with Crippen LogP contribution in [0.15, 0.2) is 22.8 Å². The van der Waals surface area contributed by atoms with Crippen LogP contribution in [0.25, 0.3) is 0 Å². The van der Waals surface area contributed by atoms with Crippen molar-refractivity contribution in [3.05, 3.63) is 22.8 Å². The van der Waals surface area contributed by atoms with E-state index < -0.39 is 5.97 Å². The molecule has 0 radical (unpaired) electrons. The monoisotopic (exact) mass is 270 g/mol. The van der Waals surface area contributed by atoms with Gasteiger partial charge in [-0.3, -0.25) is 0 Å². The smallest absolute Gasteiger partial charge is 0.331 e. The van der Waals surface area contributed by atoms with Gasteiger partial charge in [-0.25, -0.2) is 4.79 Å². The summed E-state index contributed by atoms with van der Waals surface area (Å²) >= 11 is 0. The van der Waals surface area contributed by atoms with Gasteiger partial charge in [0.25, 0.3) is 0 Å². The number of hydrogen-bond donors (Lipinski definition) is 1. The molecule has 102 valence electrons. The van der Waals surface area contributed by atoms with Crippen molar-refractivity contribution in [2.24, 2.45) is 0 Å². The predicted octanol–water partition coefficient (Wildman–Crippen LogP) is 4.64. The van der Waals surface area contributed by atoms with Crippen LogP contribution in [0, 0.1) is 0 Å². The van der Waals surface area contributed by atoms with Crippen molar-refractivity contribution < 1.29 is 9.90 Å². The number of halogens is 1. The summed E-state index contributed by atoms with van der Waals surface area (Å²) < 4.78 is 0. The highest BCUT2D eigenvalue weighted by Crippen LogP contribution is 2.33. The largest absolute Gasteiger partial charge is 0.478 e. The second-order valence-electron chi connectivity index (χ2n) is 5.15. The molecule has 2 rings (SSSR count). The zero-order valence-electron chi connectivity index (χ0n) is 10.9. The molecule has 1 N–H and O–H groups in total. The van der Waals surface area contributed by atoms with E-state index in [9.17, 15) is 9.90 Å². The summed E-state index contributed by atoms with van der Waals surface area (Å²) in [5, 5.41) is 9.35. The minimum atomic E-state index is -0.688. The highest BCUT2D eigenvalue weighted by molar-refractivity contribution is 5.88. The van der Waals surface area contributed by atoms with Gasteiger partial charge in [0.2, 0.25) is 0 Å². The normalized spacial score (nSPS) is 21.4. The van der Waals surface area contributed by atoms with Gasteiger partial charge < -0.3 is 5.11 Å². The first-order valence-electron chi connectivity index (χ1n) is 6.94. The summed E-state index contributed by atoms with van der Waals surface area (Å²) in [5.74, 6) is -0.688. The number of carboxylic acid groups (broad SMARTS) is 1. The molecule has 0 saturated carbocycles. The highest BCUT2D eigenvalue weighted by Gasteiger charge is 2.20. The fourth-order valence-electron chi connectivity index (χ4n) is 2.96. The lowest BCUT2D eigenvalue weighted by Gasteiger charge is -2.13. The van der Waals surface area contributed by atoms with Gasteiger partial charge in [-0.1, -0.05) is 18.9 Å². The molecule has 0 aromatic heterocycles. The maximum Gasteiger partial charge on any atom is 0.331 e. The Morgan fingerprint density at radius 1 is 0.944 bits per heavy atom. The Hall–Kier alpha value is -0.760. The van der Waals surface area contributed by atoms with E-state index in [1.165, 1.54) is 36.8 Å². The summed E-state index contributed by atoms with van der Waals surface area (Å²) in [6.45, 7) is 0. The Labute approximate surface area is 116 Å². The molecule has 0 aromatic rings. The molecule has 0 spiro atoms. The van der Waals surface area contributed by atoms with Crippen LogP contribution >= 0.6 is 12.4 Å². The SMILES string of the molecule is Cl.O=C(O)C1=C(C2=CCCCCC2)CCCCC1. The quantitative estimate of drug-likeness (QED) is 0.793. The fourth-order valence-corrected chi connectivity index (χ4v) is 2.96. The average Bonchev–Trinajstić information content (AvgIpc) is 2.71. The van der Waals surface area contributed by atoms with Crippen LogP contribution in [0.1, 0.15) is 64.2 Å². The zero-order valence-corrected chi connectivity index (χ0v) is 11.7. The summed E-state index contributed by atoms with van der Waals surface area (Å²) in [7, 11) is 0. The van der Waals surface area contributed by atoms with Crippen molar-refractivity contribution in [2.75, 3.05) is 0 Å². The van der Waals surface area contributed by atoms with Crippen LogP contribution in [-0.2, 0) is 4.79 Å². The van der Waals surface area contributed by atoms with E-state index in [0.29, 0.717) is 5.57 Å². The second kappa shape index (κ2) is 7.63. The van der Waals surface area contributed by atoms with Gasteiger partial charge >= 0.3 is 5.97 Å². The summed E-state index contributed by atoms with van der Waals surface area (Å²) in [6.07, 6.45) is 13.4. The Morgan fingerprint density at radius 3 is 2.39 bits per heavy atom. The Balaban J connectivity index is 0.00000162. The number of allylic oxidation sites excluding steroid dienone is 3. The maximum atomic E-state index is 11.4. The van der Waals surface area contributed by atoms with Crippen LogP contribution in [-0.4, -0.2) is 11.1 Å². The van der Waals surface area contributed by atoms with E-state index in [4.69, 9.17) is 0 Å². The molecule has 0 bridgehead atoms. The third-order valence-electron chi connectivity index (χ3n) is 3.90. The van der Waals surface area contributed by atoms with Gasteiger partial charge in [0.15, 0.2) is 0 Å². The van der Waals surface area contributed by atoms with E-state index in [0.717, 1.165) is 38.5 Å². The molecule has 18 heavy (non-hydrogen) atoms. The van der Waals surface area contributed by atoms with Crippen LogP contribution < -0.4 is 0 Å². The Morgan fingerprint density at radius 2 is 1.61 bits per heavy atom. The van der Waals surface area contributed by atoms with Crippen molar-refractivity contribution in [3.63, 3.8) is 0 Å². The molecule has 0 heterocycles. The predicted molar refractivity (Wildman–Crippen MR) is 76.2 cm³/mol. The first kappa shape index (κ1) is 15.3. The highest BCUT2D eigenvalue weighted by atomic mass is 35.5. The zero-order chi connectivity index (χ0) is 12.1. The van der Waals surface area contributed by atoms with E-state index in [1.54, 1.807) is 0 Å². The third-order valence-corrected chi connectivity index (χ3v) is 3.90. The number of hydrogen-bond acceptors (Lipinski definition) is 1. The molecule has 0 aliphatic heterocycles. The van der Waals surface area contributed by atoms with Crippen LogP contribution in [0.4, 0.5) is 0 Å². The summed E-state index contributed by atoms with van der Waals surface area (Å²) in [6, 6.07) is 0. The minimum absolute atomic E-state index is 0. The second-order valence-corrected chi connectivity index (χ2v) is 5.15. The lowest BCUT2D eigenvalue weighted by molar-refractivity contribution is -0.132. The van der Waals surface area contributed by atoms with Crippen LogP contribution in [0.3, 0.4) is 0 Å². The topological polar surface area (TPSA) is 37.3 Å². The van der Waals surface area contributed by atoms with Gasteiger partial charge in [-0.2, -0.15) is 0 Å². The molecule has 0 amide bonds. The lowest BCUT2D eigenvalue weighted by Crippen LogP contribution is -2.05. The number of carbonyl (C=O) groups is 1. The van der Waals surface area contributed by atoms with E-state index in [-0.39, 0.29) is 12.4 Å². The van der Waals surface area contributed by atoms with Crippen molar-refractivity contribution >= 4 is 18.4 Å². The van der Waals surface area contributed by atoms with E-state index >= 15 is 0 Å². The van der Waals surface area contributed by atoms with E-state index in [2.05, 4.69) is 6.08 Å². The standard InChI is InChI=1S/C15H22O2.ClH/c16-15(17)14-11-7-3-6-10-13(14)12-8-4-1-2-5-9-12;/h8H,1-7,9-11H2,(H,16,17);1H. The fraction of sp³-hybridized carbons (Fsp3) is 0.667. The third kappa shape index (κ3) is 3.88. The van der Waals surface area contributed by atoms with Crippen molar-refractivity contribution in [1.29, 1.82) is 0 Å². The minimum Gasteiger partial charge on any atom is -0.478 e. The van der Waals surface area contributed by atoms with E-state index in [1.807, 2.05) is 0 Å². The number of rotatable bonds is 2. The summed E-state index contributed by atoms with van der Waals surface area (Å²) in [5.41, 5.74) is 3.23. The molecular weight excluding hydrogens is 248 g/mol. The molecule has 0 fully saturated rings.